The molecule has 4 aliphatic rings. The van der Waals surface area contributed by atoms with Gasteiger partial charge in [-0.05, 0) is 68.5 Å². The molecule has 2 aliphatic carbocycles. The van der Waals surface area contributed by atoms with Gasteiger partial charge in [0.15, 0.2) is 0 Å². The summed E-state index contributed by atoms with van der Waals surface area (Å²) in [7, 11) is 2.18. The number of hydrogen-bond acceptors (Lipinski definition) is 4. The van der Waals surface area contributed by atoms with E-state index in [-0.39, 0.29) is 0 Å². The average Bonchev–Trinajstić information content (AvgIpc) is 2.63. The van der Waals surface area contributed by atoms with Crippen LogP contribution in [0.2, 0.25) is 0 Å². The van der Waals surface area contributed by atoms with E-state index in [1.807, 2.05) is 0 Å². The molecule has 0 amide bonds. The van der Waals surface area contributed by atoms with Crippen LogP contribution in [-0.4, -0.2) is 55.8 Å². The van der Waals surface area contributed by atoms with Gasteiger partial charge in [0.2, 0.25) is 0 Å². The molecule has 3 atom stereocenters. The van der Waals surface area contributed by atoms with E-state index in [0.717, 1.165) is 50.7 Å². The molecule has 4 heteroatoms. The molecule has 2 aliphatic heterocycles. The summed E-state index contributed by atoms with van der Waals surface area (Å²) in [6.45, 7) is 5.32. The molecule has 0 radical (unpaired) electrons. The predicted octanol–water partition coefficient (Wildman–Crippen LogP) is 2.49. The molecule has 0 unspecified atom stereocenters. The van der Waals surface area contributed by atoms with E-state index in [1.54, 1.807) is 0 Å². The van der Waals surface area contributed by atoms with Gasteiger partial charge in [-0.25, -0.2) is 0 Å². The van der Waals surface area contributed by atoms with Crippen molar-refractivity contribution in [2.45, 2.75) is 50.0 Å². The van der Waals surface area contributed by atoms with E-state index in [0.29, 0.717) is 17.2 Å². The molecule has 3 fully saturated rings. The van der Waals surface area contributed by atoms with Gasteiger partial charge in [0.1, 0.15) is 5.75 Å². The van der Waals surface area contributed by atoms with Gasteiger partial charge in [0.25, 0.3) is 0 Å². The number of phenols is 1. The minimum atomic E-state index is 0.333. The summed E-state index contributed by atoms with van der Waals surface area (Å²) in [4.78, 5) is 4.75. The lowest BCUT2D eigenvalue weighted by molar-refractivity contribution is 0.0795. The predicted molar refractivity (Wildman–Crippen MR) is 102 cm³/mol. The zero-order valence-corrected chi connectivity index (χ0v) is 15.4. The number of phenolic OH excluding ortho intramolecular Hbond substituents is 1. The quantitative estimate of drug-likeness (QED) is 0.823. The minimum Gasteiger partial charge on any atom is -0.506 e. The van der Waals surface area contributed by atoms with E-state index in [4.69, 9.17) is 0 Å². The van der Waals surface area contributed by atoms with Crippen molar-refractivity contribution in [2.24, 2.45) is 5.92 Å². The number of nitrogens with one attached hydrogen (secondary N) is 1. The first-order chi connectivity index (χ1) is 12.2. The third kappa shape index (κ3) is 2.41. The number of nitrogens with zero attached hydrogens (tertiary/aromatic N) is 2. The molecular formula is C21H31N3O. The van der Waals surface area contributed by atoms with E-state index in [9.17, 15) is 5.11 Å². The van der Waals surface area contributed by atoms with Gasteiger partial charge < -0.3 is 20.2 Å². The van der Waals surface area contributed by atoms with E-state index < -0.39 is 0 Å². The van der Waals surface area contributed by atoms with Crippen molar-refractivity contribution in [1.82, 2.24) is 10.2 Å². The molecule has 1 aromatic rings. The Morgan fingerprint density at radius 2 is 1.96 bits per heavy atom. The number of piperidine rings is 1. The van der Waals surface area contributed by atoms with Gasteiger partial charge in [-0.15, -0.1) is 0 Å². The highest BCUT2D eigenvalue weighted by molar-refractivity contribution is 5.64. The number of hydrogen-bond donors (Lipinski definition) is 2. The van der Waals surface area contributed by atoms with Crippen LogP contribution in [0.5, 0.6) is 5.75 Å². The normalized spacial score (nSPS) is 35.2. The summed E-state index contributed by atoms with van der Waals surface area (Å²) in [5.74, 6) is 1.29. The van der Waals surface area contributed by atoms with Gasteiger partial charge in [0, 0.05) is 37.6 Å². The third-order valence-corrected chi connectivity index (χ3v) is 7.58. The summed E-state index contributed by atoms with van der Waals surface area (Å²) < 4.78 is 0. The van der Waals surface area contributed by atoms with Crippen LogP contribution in [-0.2, 0) is 11.8 Å². The molecule has 0 spiro atoms. The Bertz CT molecular complexity index is 663. The molecule has 1 aromatic carbocycles. The summed E-state index contributed by atoms with van der Waals surface area (Å²) >= 11 is 0. The first-order valence-corrected chi connectivity index (χ1v) is 10.2. The topological polar surface area (TPSA) is 38.7 Å². The highest BCUT2D eigenvalue weighted by Gasteiger charge is 2.51. The number of rotatable bonds is 1. The number of benzene rings is 1. The lowest BCUT2D eigenvalue weighted by atomic mass is 9.53. The lowest BCUT2D eigenvalue weighted by Gasteiger charge is -2.56. The summed E-state index contributed by atoms with van der Waals surface area (Å²) in [5.41, 5.74) is 4.39. The maximum atomic E-state index is 10.9. The Kier molecular flexibility index (Phi) is 3.75. The Balaban J connectivity index is 1.55. The first kappa shape index (κ1) is 16.0. The highest BCUT2D eigenvalue weighted by atomic mass is 16.3. The smallest absolute Gasteiger partial charge is 0.139 e. The second-order valence-corrected chi connectivity index (χ2v) is 8.81. The maximum absolute atomic E-state index is 10.9. The molecule has 2 N–H and O–H groups in total. The first-order valence-electron chi connectivity index (χ1n) is 10.2. The standard InChI is InChI=1S/C21H31N3O/c1-23-8-10-24(11-9-23)19-13-15-12-18-16-4-2-3-5-21(16,6-7-22-18)17(15)14-20(19)25/h13-14,16,18,22,25H,2-12H2,1H3/t16-,18+,21+/m0/s1. The van der Waals surface area contributed by atoms with Crippen molar-refractivity contribution in [3.05, 3.63) is 23.3 Å². The van der Waals surface area contributed by atoms with Crippen LogP contribution >= 0.6 is 0 Å². The van der Waals surface area contributed by atoms with Crippen molar-refractivity contribution < 1.29 is 5.11 Å². The average molecular weight is 341 g/mol. The van der Waals surface area contributed by atoms with Crippen LogP contribution in [0.15, 0.2) is 12.1 Å². The van der Waals surface area contributed by atoms with Crippen LogP contribution in [0.1, 0.15) is 43.2 Å². The van der Waals surface area contributed by atoms with E-state index in [1.165, 1.54) is 43.2 Å². The highest BCUT2D eigenvalue weighted by Crippen LogP contribution is 2.55. The van der Waals surface area contributed by atoms with Gasteiger partial charge in [0.05, 0.1) is 5.69 Å². The molecule has 2 heterocycles. The van der Waals surface area contributed by atoms with E-state index >= 15 is 0 Å². The molecule has 4 nitrogen and oxygen atoms in total. The second kappa shape index (κ2) is 5.88. The number of likely N-dealkylation sites (N-methyl/N-ethyl adjacent to an activating group) is 1. The fourth-order valence-corrected chi connectivity index (χ4v) is 6.26. The lowest BCUT2D eigenvalue weighted by Crippen LogP contribution is -2.59. The molecule has 1 saturated carbocycles. The maximum Gasteiger partial charge on any atom is 0.139 e. The van der Waals surface area contributed by atoms with Gasteiger partial charge in [-0.1, -0.05) is 12.8 Å². The zero-order valence-electron chi connectivity index (χ0n) is 15.4. The largest absolute Gasteiger partial charge is 0.506 e. The number of anilines is 1. The fourth-order valence-electron chi connectivity index (χ4n) is 6.26. The van der Waals surface area contributed by atoms with Gasteiger partial charge in [-0.3, -0.25) is 0 Å². The fraction of sp³-hybridized carbons (Fsp3) is 0.714. The second-order valence-electron chi connectivity index (χ2n) is 8.81. The molecule has 25 heavy (non-hydrogen) atoms. The van der Waals surface area contributed by atoms with Crippen LogP contribution in [0.25, 0.3) is 0 Å². The van der Waals surface area contributed by atoms with Crippen LogP contribution in [0.4, 0.5) is 5.69 Å². The summed E-state index contributed by atoms with van der Waals surface area (Å²) in [6.07, 6.45) is 7.79. The van der Waals surface area contributed by atoms with Crippen molar-refractivity contribution in [3.63, 3.8) is 0 Å². The van der Waals surface area contributed by atoms with Crippen molar-refractivity contribution in [2.75, 3.05) is 44.7 Å². The Labute approximate surface area is 151 Å². The Hall–Kier alpha value is -1.26. The van der Waals surface area contributed by atoms with Crippen LogP contribution in [0, 0.1) is 5.92 Å². The molecule has 2 bridgehead atoms. The number of piperazine rings is 1. The van der Waals surface area contributed by atoms with Crippen molar-refractivity contribution >= 4 is 5.69 Å². The van der Waals surface area contributed by atoms with E-state index in [2.05, 4.69) is 34.3 Å². The summed E-state index contributed by atoms with van der Waals surface area (Å²) in [6, 6.07) is 5.15. The molecular weight excluding hydrogens is 310 g/mol. The van der Waals surface area contributed by atoms with Gasteiger partial charge in [-0.2, -0.15) is 0 Å². The molecule has 5 rings (SSSR count). The number of aromatic hydroxyl groups is 1. The Morgan fingerprint density at radius 3 is 2.80 bits per heavy atom. The van der Waals surface area contributed by atoms with Crippen molar-refractivity contribution in [3.8, 4) is 5.75 Å². The van der Waals surface area contributed by atoms with Crippen molar-refractivity contribution in [1.29, 1.82) is 0 Å². The monoisotopic (exact) mass is 341 g/mol. The molecule has 136 valence electrons. The van der Waals surface area contributed by atoms with Crippen LogP contribution < -0.4 is 10.2 Å². The SMILES string of the molecule is CN1CCN(c2cc3c(cc2O)[C@@]24CCCC[C@H]2[C@@H](C3)NCC4)CC1. The number of fused-ring (bicyclic) bond motifs is 1. The molecule has 2 saturated heterocycles. The van der Waals surface area contributed by atoms with Gasteiger partial charge >= 0.3 is 0 Å². The minimum absolute atomic E-state index is 0.333. The van der Waals surface area contributed by atoms with Crippen LogP contribution in [0.3, 0.4) is 0 Å². The third-order valence-electron chi connectivity index (χ3n) is 7.58. The zero-order chi connectivity index (χ0) is 17.0. The Morgan fingerprint density at radius 1 is 1.12 bits per heavy atom. The molecule has 0 aromatic heterocycles. The summed E-state index contributed by atoms with van der Waals surface area (Å²) in [5, 5.41) is 14.7.